The molecule has 0 saturated heterocycles. The van der Waals surface area contributed by atoms with E-state index < -0.39 is 29.0 Å². The number of nitrogens with one attached hydrogen (secondary N) is 1. The Hall–Kier alpha value is -3.66. The van der Waals surface area contributed by atoms with Crippen molar-refractivity contribution in [2.24, 2.45) is 5.73 Å². The summed E-state index contributed by atoms with van der Waals surface area (Å²) >= 11 is 0. The zero-order chi connectivity index (χ0) is 26.5. The maximum absolute atomic E-state index is 13.0. The van der Waals surface area contributed by atoms with Gasteiger partial charge in [-0.05, 0) is 66.8 Å². The number of nitrogens with two attached hydrogens (primary N) is 1. The first-order chi connectivity index (χ1) is 16.9. The molecule has 1 atom stereocenters. The predicted octanol–water partition coefficient (Wildman–Crippen LogP) is 5.17. The number of aryl methyl sites for hydroxylation is 1. The highest BCUT2D eigenvalue weighted by atomic mass is 32.2. The minimum absolute atomic E-state index is 0.111. The molecule has 6 nitrogen and oxygen atoms in total. The number of anilines is 1. The van der Waals surface area contributed by atoms with Gasteiger partial charge in [0, 0.05) is 38.8 Å². The molecule has 3 rings (SSSR count). The van der Waals surface area contributed by atoms with Gasteiger partial charge in [-0.3, -0.25) is 13.8 Å². The Bertz CT molecular complexity index is 1300. The zero-order valence-electron chi connectivity index (χ0n) is 19.6. The molecule has 2 aromatic rings. The second-order valence-electron chi connectivity index (χ2n) is 8.11. The van der Waals surface area contributed by atoms with Gasteiger partial charge in [0.05, 0.1) is 6.42 Å². The van der Waals surface area contributed by atoms with Crippen LogP contribution in [0.15, 0.2) is 71.4 Å². The first-order valence-electron chi connectivity index (χ1n) is 10.9. The Labute approximate surface area is 209 Å². The van der Waals surface area contributed by atoms with Crippen LogP contribution in [0.4, 0.5) is 18.9 Å². The SMILES string of the molecule is Cc1cc(NC(=O)Cc2ccc(S(C)=O)cc2C(N)=O)ccc1/C1=C(OC(F)(F)F)/C=C\C=C/CC1. The monoisotopic (exact) mass is 518 g/mol. The van der Waals surface area contributed by atoms with Gasteiger partial charge in [0.25, 0.3) is 0 Å². The number of rotatable bonds is 7. The number of benzene rings is 2. The van der Waals surface area contributed by atoms with E-state index in [1.54, 1.807) is 37.3 Å². The summed E-state index contributed by atoms with van der Waals surface area (Å²) in [5.74, 6) is -1.44. The first-order valence-corrected chi connectivity index (χ1v) is 12.5. The van der Waals surface area contributed by atoms with E-state index in [4.69, 9.17) is 5.73 Å². The van der Waals surface area contributed by atoms with E-state index in [9.17, 15) is 27.0 Å². The molecule has 0 bridgehead atoms. The van der Waals surface area contributed by atoms with Crippen molar-refractivity contribution in [1.29, 1.82) is 0 Å². The van der Waals surface area contributed by atoms with Gasteiger partial charge in [-0.1, -0.05) is 30.4 Å². The Balaban J connectivity index is 1.84. The normalized spacial score (nSPS) is 18.5. The summed E-state index contributed by atoms with van der Waals surface area (Å²) in [7, 11) is -1.32. The number of primary amides is 1. The lowest BCUT2D eigenvalue weighted by Crippen LogP contribution is -2.19. The molecule has 0 radical (unpaired) electrons. The minimum Gasteiger partial charge on any atom is -0.405 e. The van der Waals surface area contributed by atoms with Crippen LogP contribution >= 0.6 is 0 Å². The predicted molar refractivity (Wildman–Crippen MR) is 132 cm³/mol. The topological polar surface area (TPSA) is 98.5 Å². The molecule has 2 aromatic carbocycles. The Morgan fingerprint density at radius 2 is 1.89 bits per heavy atom. The third-order valence-electron chi connectivity index (χ3n) is 5.44. The molecule has 0 spiro atoms. The van der Waals surface area contributed by atoms with Crippen molar-refractivity contribution in [2.45, 2.75) is 37.4 Å². The lowest BCUT2D eigenvalue weighted by atomic mass is 9.94. The summed E-state index contributed by atoms with van der Waals surface area (Å²) in [5.41, 5.74) is 7.99. The van der Waals surface area contributed by atoms with Crippen LogP contribution in [-0.4, -0.2) is 28.6 Å². The van der Waals surface area contributed by atoms with E-state index in [0.29, 0.717) is 45.7 Å². The van der Waals surface area contributed by atoms with Crippen LogP contribution in [0.5, 0.6) is 0 Å². The quantitative estimate of drug-likeness (QED) is 0.529. The van der Waals surface area contributed by atoms with Gasteiger partial charge in [-0.15, -0.1) is 13.2 Å². The molecule has 0 fully saturated rings. The zero-order valence-corrected chi connectivity index (χ0v) is 20.5. The van der Waals surface area contributed by atoms with E-state index in [1.807, 2.05) is 6.08 Å². The molecule has 0 saturated carbocycles. The highest BCUT2D eigenvalue weighted by Gasteiger charge is 2.33. The number of carbonyl (C=O) groups is 2. The van der Waals surface area contributed by atoms with Crippen LogP contribution in [0, 0.1) is 6.92 Å². The van der Waals surface area contributed by atoms with Gasteiger partial charge in [-0.2, -0.15) is 0 Å². The summed E-state index contributed by atoms with van der Waals surface area (Å²) < 4.78 is 55.0. The summed E-state index contributed by atoms with van der Waals surface area (Å²) in [5, 5.41) is 2.73. The molecule has 0 aromatic heterocycles. The average Bonchev–Trinajstić information content (AvgIpc) is 2.76. The maximum atomic E-state index is 13.0. The molecule has 190 valence electrons. The summed E-state index contributed by atoms with van der Waals surface area (Å²) in [4.78, 5) is 24.9. The number of hydrogen-bond donors (Lipinski definition) is 2. The molecule has 1 aliphatic carbocycles. The highest BCUT2D eigenvalue weighted by Crippen LogP contribution is 2.34. The number of allylic oxidation sites excluding steroid dienone is 5. The number of amides is 2. The van der Waals surface area contributed by atoms with Crippen LogP contribution < -0.4 is 11.1 Å². The molecule has 36 heavy (non-hydrogen) atoms. The number of hydrogen-bond acceptors (Lipinski definition) is 4. The summed E-state index contributed by atoms with van der Waals surface area (Å²) in [6.07, 6.45) is 3.67. The lowest BCUT2D eigenvalue weighted by molar-refractivity contribution is -0.303. The van der Waals surface area contributed by atoms with Gasteiger partial charge in [0.15, 0.2) is 0 Å². The Kier molecular flexibility index (Phi) is 8.52. The smallest absolute Gasteiger partial charge is 0.405 e. The second kappa shape index (κ2) is 11.4. The second-order valence-corrected chi connectivity index (χ2v) is 9.49. The van der Waals surface area contributed by atoms with E-state index in [2.05, 4.69) is 10.1 Å². The van der Waals surface area contributed by atoms with E-state index in [0.717, 1.165) is 0 Å². The van der Waals surface area contributed by atoms with Crippen molar-refractivity contribution >= 4 is 33.9 Å². The molecular formula is C26H25F3N2O4S. The standard InChI is InChI=1S/C26H25F3N2O4S/c1-16-13-18(31-24(32)14-17-9-11-19(36(2)34)15-22(17)25(30)33)10-12-20(16)21-7-5-3-4-6-8-23(21)35-26(27,28)29/h3-4,6,8-13,15H,5,7,14H2,1-2H3,(H2,30,33)(H,31,32)/b4-3-,8-6-,23-21-. The molecule has 1 unspecified atom stereocenters. The van der Waals surface area contributed by atoms with Gasteiger partial charge in [0.2, 0.25) is 11.8 Å². The maximum Gasteiger partial charge on any atom is 0.573 e. The summed E-state index contributed by atoms with van der Waals surface area (Å²) in [6.45, 7) is 1.73. The first kappa shape index (κ1) is 26.9. The van der Waals surface area contributed by atoms with Crippen molar-refractivity contribution in [3.05, 3.63) is 88.7 Å². The largest absolute Gasteiger partial charge is 0.573 e. The number of carbonyl (C=O) groups excluding carboxylic acids is 2. The minimum atomic E-state index is -4.83. The van der Waals surface area contributed by atoms with Gasteiger partial charge >= 0.3 is 6.36 Å². The van der Waals surface area contributed by atoms with Crippen molar-refractivity contribution in [2.75, 3.05) is 11.6 Å². The van der Waals surface area contributed by atoms with Crippen molar-refractivity contribution in [1.82, 2.24) is 0 Å². The molecule has 0 aliphatic heterocycles. The molecular weight excluding hydrogens is 493 g/mol. The molecule has 1 aliphatic rings. The van der Waals surface area contributed by atoms with Crippen molar-refractivity contribution in [3.63, 3.8) is 0 Å². The average molecular weight is 519 g/mol. The van der Waals surface area contributed by atoms with E-state index in [1.165, 1.54) is 30.5 Å². The Morgan fingerprint density at radius 3 is 2.53 bits per heavy atom. The fraction of sp³-hybridized carbons (Fsp3) is 0.231. The fourth-order valence-electron chi connectivity index (χ4n) is 3.83. The van der Waals surface area contributed by atoms with Crippen LogP contribution in [0.3, 0.4) is 0 Å². The highest BCUT2D eigenvalue weighted by molar-refractivity contribution is 7.84. The third kappa shape index (κ3) is 7.17. The van der Waals surface area contributed by atoms with Crippen LogP contribution in [0.1, 0.15) is 39.9 Å². The van der Waals surface area contributed by atoms with Gasteiger partial charge in [0.1, 0.15) is 5.76 Å². The summed E-state index contributed by atoms with van der Waals surface area (Å²) in [6, 6.07) is 9.40. The van der Waals surface area contributed by atoms with E-state index in [-0.39, 0.29) is 17.7 Å². The van der Waals surface area contributed by atoms with Gasteiger partial charge in [-0.25, -0.2) is 0 Å². The lowest BCUT2D eigenvalue weighted by Gasteiger charge is -2.18. The molecule has 0 heterocycles. The number of halogens is 3. The van der Waals surface area contributed by atoms with Crippen molar-refractivity contribution < 1.29 is 31.7 Å². The van der Waals surface area contributed by atoms with Crippen LogP contribution in [0.2, 0.25) is 0 Å². The molecule has 2 amide bonds. The van der Waals surface area contributed by atoms with E-state index >= 15 is 0 Å². The molecule has 3 N–H and O–H groups in total. The number of ether oxygens (including phenoxy) is 1. The fourth-order valence-corrected chi connectivity index (χ4v) is 4.38. The van der Waals surface area contributed by atoms with Crippen molar-refractivity contribution in [3.8, 4) is 0 Å². The number of alkyl halides is 3. The Morgan fingerprint density at radius 1 is 1.14 bits per heavy atom. The third-order valence-corrected chi connectivity index (χ3v) is 6.36. The van der Waals surface area contributed by atoms with Gasteiger partial charge < -0.3 is 15.8 Å². The van der Waals surface area contributed by atoms with Crippen LogP contribution in [0.25, 0.3) is 5.57 Å². The van der Waals surface area contributed by atoms with Crippen LogP contribution in [-0.2, 0) is 26.8 Å². The molecule has 10 heteroatoms.